The zero-order valence-electron chi connectivity index (χ0n) is 28.3. The Bertz CT molecular complexity index is 804. The van der Waals surface area contributed by atoms with Crippen LogP contribution in [0.3, 0.4) is 0 Å². The molecule has 3 atom stereocenters. The van der Waals surface area contributed by atoms with Crippen LogP contribution in [0.15, 0.2) is 0 Å². The van der Waals surface area contributed by atoms with Crippen molar-refractivity contribution in [2.45, 2.75) is 162 Å². The minimum absolute atomic E-state index is 0.0318. The van der Waals surface area contributed by atoms with E-state index in [0.29, 0.717) is 13.0 Å². The fourth-order valence-electron chi connectivity index (χ4n) is 5.08. The zero-order chi connectivity index (χ0) is 33.0. The van der Waals surface area contributed by atoms with Gasteiger partial charge in [-0.25, -0.2) is 0 Å². The molecule has 0 rings (SSSR count). The van der Waals surface area contributed by atoms with Crippen LogP contribution >= 0.6 is 0 Å². The molecule has 0 aliphatic rings. The average molecular weight is 627 g/mol. The van der Waals surface area contributed by atoms with Gasteiger partial charge < -0.3 is 24.8 Å². The van der Waals surface area contributed by atoms with Gasteiger partial charge in [0, 0.05) is 46.7 Å². The quantitative estimate of drug-likeness (QED) is 0.0585. The maximum atomic E-state index is 12.8. The Morgan fingerprint density at radius 1 is 0.591 bits per heavy atom. The van der Waals surface area contributed by atoms with Gasteiger partial charge in [0.1, 0.15) is 12.2 Å². The highest BCUT2D eigenvalue weighted by atomic mass is 16.6. The van der Waals surface area contributed by atoms with E-state index in [2.05, 4.69) is 17.6 Å². The van der Waals surface area contributed by atoms with E-state index < -0.39 is 36.0 Å². The smallest absolute Gasteiger partial charge is 0.303 e. The number of carbonyl (C=O) groups is 5. The number of hydrogen-bond acceptors (Lipinski definition) is 8. The second kappa shape index (κ2) is 27.9. The number of unbranched alkanes of at least 4 members (excludes halogenated alkanes) is 14. The monoisotopic (exact) mass is 626 g/mol. The van der Waals surface area contributed by atoms with Gasteiger partial charge in [-0.15, -0.1) is 0 Å². The number of carbonyl (C=O) groups excluding carboxylic acids is 5. The molecule has 0 unspecified atom stereocenters. The third-order valence-corrected chi connectivity index (χ3v) is 7.58. The summed E-state index contributed by atoms with van der Waals surface area (Å²) in [5, 5.41) is 5.94. The Morgan fingerprint density at radius 2 is 1.07 bits per heavy atom. The lowest BCUT2D eigenvalue weighted by molar-refractivity contribution is -0.173. The maximum Gasteiger partial charge on any atom is 0.303 e. The molecule has 0 bridgehead atoms. The van der Waals surface area contributed by atoms with Crippen molar-refractivity contribution in [3.63, 3.8) is 0 Å². The van der Waals surface area contributed by atoms with E-state index in [-0.39, 0.29) is 24.8 Å². The van der Waals surface area contributed by atoms with E-state index in [4.69, 9.17) is 14.2 Å². The number of hydrogen-bond donors (Lipinski definition) is 2. The third-order valence-electron chi connectivity index (χ3n) is 7.58. The molecule has 0 saturated heterocycles. The van der Waals surface area contributed by atoms with Crippen LogP contribution in [0.5, 0.6) is 0 Å². The van der Waals surface area contributed by atoms with Gasteiger partial charge in [-0.1, -0.05) is 90.4 Å². The molecule has 0 aromatic carbocycles. The predicted molar refractivity (Wildman–Crippen MR) is 172 cm³/mol. The highest BCUT2D eigenvalue weighted by Crippen LogP contribution is 2.19. The van der Waals surface area contributed by atoms with Crippen molar-refractivity contribution in [2.75, 3.05) is 19.7 Å². The maximum absolute atomic E-state index is 12.8. The minimum atomic E-state index is -1.00. The molecule has 0 aliphatic carbocycles. The van der Waals surface area contributed by atoms with Crippen molar-refractivity contribution in [2.24, 2.45) is 5.92 Å². The molecular weight excluding hydrogens is 564 g/mol. The van der Waals surface area contributed by atoms with Crippen LogP contribution in [-0.4, -0.2) is 61.6 Å². The van der Waals surface area contributed by atoms with Crippen molar-refractivity contribution < 1.29 is 38.2 Å². The topological polar surface area (TPSA) is 137 Å². The molecule has 10 nitrogen and oxygen atoms in total. The lowest BCUT2D eigenvalue weighted by Crippen LogP contribution is -2.46. The zero-order valence-corrected chi connectivity index (χ0v) is 28.3. The van der Waals surface area contributed by atoms with Crippen LogP contribution in [0.25, 0.3) is 0 Å². The number of nitrogens with one attached hydrogen (secondary N) is 2. The Labute approximate surface area is 266 Å². The summed E-state index contributed by atoms with van der Waals surface area (Å²) in [6, 6.07) is 0. The first-order valence-corrected chi connectivity index (χ1v) is 17.1. The molecular formula is C34H62N2O8. The number of amides is 2. The van der Waals surface area contributed by atoms with E-state index in [1.165, 1.54) is 72.1 Å². The number of ether oxygens (including phenoxy) is 3. The van der Waals surface area contributed by atoms with E-state index in [9.17, 15) is 24.0 Å². The molecule has 0 spiro atoms. The standard InChI is InChI=1S/C34H62N2O8/c1-6-7-8-9-14-17-20-24-35-32(40)22-19-16-13-11-10-12-15-18-21-25-36-34(41)27(2)33(44-30(5)39)31(43-29(4)38)23-26-42-28(3)37/h27,31,33H,6-26H2,1-5H3,(H,35,40)(H,36,41)/t27-,31-,33-/m1/s1. The lowest BCUT2D eigenvalue weighted by atomic mass is 9.96. The van der Waals surface area contributed by atoms with Gasteiger partial charge in [-0.3, -0.25) is 24.0 Å². The molecule has 44 heavy (non-hydrogen) atoms. The summed E-state index contributed by atoms with van der Waals surface area (Å²) in [7, 11) is 0. The SMILES string of the molecule is CCCCCCCCCNC(=O)CCCCCCCCCCCNC(=O)[C@H](C)[C@@H](OC(C)=O)[C@@H](CCOC(C)=O)OC(C)=O. The first kappa shape index (κ1) is 41.4. The minimum Gasteiger partial charge on any atom is -0.466 e. The van der Waals surface area contributed by atoms with Gasteiger partial charge >= 0.3 is 17.9 Å². The third kappa shape index (κ3) is 24.8. The summed E-state index contributed by atoms with van der Waals surface area (Å²) in [6.07, 6.45) is 17.2. The van der Waals surface area contributed by atoms with Crippen LogP contribution in [-0.2, 0) is 38.2 Å². The summed E-state index contributed by atoms with van der Waals surface area (Å²) in [6.45, 7) is 8.85. The molecule has 2 N–H and O–H groups in total. The average Bonchev–Trinajstić information content (AvgIpc) is 2.96. The fourth-order valence-corrected chi connectivity index (χ4v) is 5.08. The first-order chi connectivity index (χ1) is 21.1. The van der Waals surface area contributed by atoms with Crippen LogP contribution in [0, 0.1) is 5.92 Å². The molecule has 10 heteroatoms. The molecule has 0 aromatic rings. The summed E-state index contributed by atoms with van der Waals surface area (Å²) in [4.78, 5) is 59.2. The van der Waals surface area contributed by atoms with Crippen LogP contribution < -0.4 is 10.6 Å². The van der Waals surface area contributed by atoms with E-state index in [1.807, 2.05) is 0 Å². The normalized spacial score (nSPS) is 12.9. The van der Waals surface area contributed by atoms with Crippen molar-refractivity contribution in [3.05, 3.63) is 0 Å². The van der Waals surface area contributed by atoms with Gasteiger partial charge in [0.05, 0.1) is 12.5 Å². The molecule has 256 valence electrons. The van der Waals surface area contributed by atoms with E-state index in [0.717, 1.165) is 57.9 Å². The summed E-state index contributed by atoms with van der Waals surface area (Å²) >= 11 is 0. The van der Waals surface area contributed by atoms with Gasteiger partial charge in [0.2, 0.25) is 11.8 Å². The number of esters is 3. The van der Waals surface area contributed by atoms with Gasteiger partial charge in [-0.2, -0.15) is 0 Å². The van der Waals surface area contributed by atoms with Crippen LogP contribution in [0.2, 0.25) is 0 Å². The van der Waals surface area contributed by atoms with Crippen LogP contribution in [0.4, 0.5) is 0 Å². The Hall–Kier alpha value is -2.65. The molecule has 0 heterocycles. The second-order valence-corrected chi connectivity index (χ2v) is 11.8. The van der Waals surface area contributed by atoms with Gasteiger partial charge in [0.15, 0.2) is 0 Å². The highest BCUT2D eigenvalue weighted by Gasteiger charge is 2.36. The van der Waals surface area contributed by atoms with Crippen molar-refractivity contribution >= 4 is 29.7 Å². The summed E-state index contributed by atoms with van der Waals surface area (Å²) < 4.78 is 15.6. The molecule has 0 aromatic heterocycles. The van der Waals surface area contributed by atoms with Crippen molar-refractivity contribution in [1.29, 1.82) is 0 Å². The van der Waals surface area contributed by atoms with Crippen molar-refractivity contribution in [3.8, 4) is 0 Å². The second-order valence-electron chi connectivity index (χ2n) is 11.8. The van der Waals surface area contributed by atoms with E-state index >= 15 is 0 Å². The molecule has 0 radical (unpaired) electrons. The molecule has 0 aliphatic heterocycles. The number of rotatable bonds is 28. The molecule has 2 amide bonds. The molecule has 0 fully saturated rings. The van der Waals surface area contributed by atoms with Gasteiger partial charge in [-0.05, 0) is 26.2 Å². The van der Waals surface area contributed by atoms with E-state index in [1.54, 1.807) is 6.92 Å². The fraction of sp³-hybridized carbons (Fsp3) is 0.853. The Balaban J connectivity index is 4.01. The summed E-state index contributed by atoms with van der Waals surface area (Å²) in [5.74, 6) is -2.54. The lowest BCUT2D eigenvalue weighted by Gasteiger charge is -2.30. The predicted octanol–water partition coefficient (Wildman–Crippen LogP) is 6.32. The van der Waals surface area contributed by atoms with Crippen LogP contribution in [0.1, 0.15) is 150 Å². The Morgan fingerprint density at radius 3 is 1.57 bits per heavy atom. The van der Waals surface area contributed by atoms with Crippen molar-refractivity contribution in [1.82, 2.24) is 10.6 Å². The first-order valence-electron chi connectivity index (χ1n) is 17.1. The largest absolute Gasteiger partial charge is 0.466 e. The molecule has 0 saturated carbocycles. The highest BCUT2D eigenvalue weighted by molar-refractivity contribution is 5.79. The Kier molecular flexibility index (Phi) is 26.2. The summed E-state index contributed by atoms with van der Waals surface area (Å²) in [5.41, 5.74) is 0. The van der Waals surface area contributed by atoms with Gasteiger partial charge in [0.25, 0.3) is 0 Å².